The van der Waals surface area contributed by atoms with Gasteiger partial charge in [0.05, 0.1) is 0 Å². The molecule has 1 aliphatic rings. The Morgan fingerprint density at radius 3 is 2.92 bits per heavy atom. The minimum absolute atomic E-state index is 0.484. The van der Waals surface area contributed by atoms with Crippen molar-refractivity contribution in [2.45, 2.75) is 45.1 Å². The van der Waals surface area contributed by atoms with Gasteiger partial charge in [0.25, 0.3) is 0 Å². The molecule has 1 fully saturated rings. The van der Waals surface area contributed by atoms with E-state index in [-0.39, 0.29) is 0 Å². The van der Waals surface area contributed by atoms with Gasteiger partial charge in [-0.15, -0.1) is 0 Å². The third-order valence-corrected chi connectivity index (χ3v) is 4.85. The molecule has 0 amide bonds. The normalized spacial score (nSPS) is 18.7. The van der Waals surface area contributed by atoms with Gasteiger partial charge in [0.1, 0.15) is 12.4 Å². The van der Waals surface area contributed by atoms with Crippen LogP contribution in [0.5, 0.6) is 5.75 Å². The fourth-order valence-corrected chi connectivity index (χ4v) is 3.45. The molecule has 1 atom stereocenters. The fraction of sp³-hybridized carbons (Fsp3) is 0.476. The average Bonchev–Trinajstić information content (AvgIpc) is 2.63. The Labute approximate surface area is 145 Å². The number of aromatic nitrogens is 1. The second-order valence-electron chi connectivity index (χ2n) is 6.91. The van der Waals surface area contributed by atoms with E-state index >= 15 is 0 Å². The molecule has 2 heterocycles. The van der Waals surface area contributed by atoms with Gasteiger partial charge < -0.3 is 4.74 Å². The van der Waals surface area contributed by atoms with Crippen molar-refractivity contribution in [3.63, 3.8) is 0 Å². The van der Waals surface area contributed by atoms with Crippen LogP contribution in [0.15, 0.2) is 48.8 Å². The smallest absolute Gasteiger partial charge is 0.119 e. The number of benzene rings is 1. The van der Waals surface area contributed by atoms with Crippen molar-refractivity contribution < 1.29 is 4.74 Å². The zero-order valence-electron chi connectivity index (χ0n) is 14.8. The monoisotopic (exact) mass is 324 g/mol. The quantitative estimate of drug-likeness (QED) is 0.762. The van der Waals surface area contributed by atoms with Crippen LogP contribution in [0.4, 0.5) is 0 Å². The summed E-state index contributed by atoms with van der Waals surface area (Å²) in [4.78, 5) is 6.84. The van der Waals surface area contributed by atoms with Gasteiger partial charge in [-0.2, -0.15) is 0 Å². The molecule has 2 aromatic rings. The molecule has 0 spiro atoms. The third kappa shape index (κ3) is 4.35. The molecule has 1 aromatic heterocycles. The minimum Gasteiger partial charge on any atom is -0.492 e. The van der Waals surface area contributed by atoms with E-state index < -0.39 is 0 Å². The number of likely N-dealkylation sites (tertiary alicyclic amines) is 1. The Hall–Kier alpha value is -1.87. The van der Waals surface area contributed by atoms with E-state index in [0.717, 1.165) is 25.4 Å². The first-order valence-corrected chi connectivity index (χ1v) is 9.11. The van der Waals surface area contributed by atoms with Crippen LogP contribution in [0, 0.1) is 0 Å². The Balaban J connectivity index is 1.57. The highest BCUT2D eigenvalue weighted by molar-refractivity contribution is 5.30. The lowest BCUT2D eigenvalue weighted by atomic mass is 9.96. The van der Waals surface area contributed by atoms with Gasteiger partial charge in [0.15, 0.2) is 0 Å². The summed E-state index contributed by atoms with van der Waals surface area (Å²) in [6.07, 6.45) is 7.65. The number of hydrogen-bond donors (Lipinski definition) is 0. The summed E-state index contributed by atoms with van der Waals surface area (Å²) in [6.45, 7) is 7.27. The predicted molar refractivity (Wildman–Crippen MR) is 98.4 cm³/mol. The Morgan fingerprint density at radius 1 is 1.21 bits per heavy atom. The molecular formula is C21H28N2O. The van der Waals surface area contributed by atoms with Crippen molar-refractivity contribution >= 4 is 0 Å². The van der Waals surface area contributed by atoms with Crippen molar-refractivity contribution in [2.75, 3.05) is 19.7 Å². The average molecular weight is 324 g/mol. The lowest BCUT2D eigenvalue weighted by Gasteiger charge is -2.35. The predicted octanol–water partition coefficient (Wildman–Crippen LogP) is 4.81. The maximum Gasteiger partial charge on any atom is 0.119 e. The number of nitrogens with zero attached hydrogens (tertiary/aromatic N) is 2. The maximum absolute atomic E-state index is 6.03. The van der Waals surface area contributed by atoms with Crippen LogP contribution in [0.1, 0.15) is 56.2 Å². The first-order chi connectivity index (χ1) is 11.7. The zero-order valence-corrected chi connectivity index (χ0v) is 14.8. The number of pyridine rings is 1. The molecule has 0 aliphatic carbocycles. The fourth-order valence-electron chi connectivity index (χ4n) is 3.45. The lowest BCUT2D eigenvalue weighted by Crippen LogP contribution is -2.36. The molecule has 1 saturated heterocycles. The van der Waals surface area contributed by atoms with Crippen molar-refractivity contribution in [3.05, 3.63) is 59.9 Å². The second kappa shape index (κ2) is 8.29. The van der Waals surface area contributed by atoms with Gasteiger partial charge in [-0.3, -0.25) is 9.88 Å². The van der Waals surface area contributed by atoms with Crippen LogP contribution in [0.25, 0.3) is 0 Å². The molecule has 1 aromatic carbocycles. The molecular weight excluding hydrogens is 296 g/mol. The maximum atomic E-state index is 6.03. The van der Waals surface area contributed by atoms with E-state index in [0.29, 0.717) is 12.0 Å². The molecule has 0 unspecified atom stereocenters. The molecule has 3 nitrogen and oxygen atoms in total. The SMILES string of the molecule is CC(C)c1cccc(OCCN2CCCC[C@H]2c2cccnc2)c1. The summed E-state index contributed by atoms with van der Waals surface area (Å²) in [6, 6.07) is 13.2. The number of hydrogen-bond acceptors (Lipinski definition) is 3. The molecule has 3 heteroatoms. The Kier molecular flexibility index (Phi) is 5.86. The summed E-state index contributed by atoms with van der Waals surface area (Å²) >= 11 is 0. The largest absolute Gasteiger partial charge is 0.492 e. The molecule has 0 saturated carbocycles. The number of ether oxygens (including phenoxy) is 1. The van der Waals surface area contributed by atoms with Crippen LogP contribution in [0.3, 0.4) is 0 Å². The third-order valence-electron chi connectivity index (χ3n) is 4.85. The van der Waals surface area contributed by atoms with E-state index in [1.54, 1.807) is 0 Å². The summed E-state index contributed by atoms with van der Waals surface area (Å²) < 4.78 is 6.03. The number of piperidine rings is 1. The molecule has 0 radical (unpaired) electrons. The first kappa shape index (κ1) is 17.0. The van der Waals surface area contributed by atoms with Crippen molar-refractivity contribution in [1.29, 1.82) is 0 Å². The molecule has 0 N–H and O–H groups in total. The van der Waals surface area contributed by atoms with E-state index in [1.807, 2.05) is 18.5 Å². The van der Waals surface area contributed by atoms with Crippen LogP contribution < -0.4 is 4.74 Å². The standard InChI is InChI=1S/C21H28N2O/c1-17(2)18-7-5-9-20(15-18)24-14-13-23-12-4-3-10-21(23)19-8-6-11-22-16-19/h5-9,11,15-17,21H,3-4,10,12-14H2,1-2H3/t21-/m0/s1. The van der Waals surface area contributed by atoms with Crippen LogP contribution in [-0.2, 0) is 0 Å². The van der Waals surface area contributed by atoms with Crippen LogP contribution in [-0.4, -0.2) is 29.6 Å². The Bertz CT molecular complexity index is 627. The minimum atomic E-state index is 0.484. The molecule has 24 heavy (non-hydrogen) atoms. The summed E-state index contributed by atoms with van der Waals surface area (Å²) in [5.74, 6) is 1.52. The lowest BCUT2D eigenvalue weighted by molar-refractivity contribution is 0.123. The van der Waals surface area contributed by atoms with Gasteiger partial charge in [0, 0.05) is 25.0 Å². The van der Waals surface area contributed by atoms with Gasteiger partial charge in [-0.25, -0.2) is 0 Å². The second-order valence-corrected chi connectivity index (χ2v) is 6.91. The van der Waals surface area contributed by atoms with Gasteiger partial charge >= 0.3 is 0 Å². The van der Waals surface area contributed by atoms with Crippen molar-refractivity contribution in [3.8, 4) is 5.75 Å². The first-order valence-electron chi connectivity index (χ1n) is 9.11. The van der Waals surface area contributed by atoms with E-state index in [2.05, 4.69) is 54.1 Å². The van der Waals surface area contributed by atoms with E-state index in [9.17, 15) is 0 Å². The van der Waals surface area contributed by atoms with Crippen molar-refractivity contribution in [2.24, 2.45) is 0 Å². The highest BCUT2D eigenvalue weighted by Gasteiger charge is 2.23. The van der Waals surface area contributed by atoms with Gasteiger partial charge in [-0.1, -0.05) is 38.5 Å². The van der Waals surface area contributed by atoms with Gasteiger partial charge in [-0.05, 0) is 54.6 Å². The number of rotatable bonds is 6. The van der Waals surface area contributed by atoms with Crippen LogP contribution in [0.2, 0.25) is 0 Å². The summed E-state index contributed by atoms with van der Waals surface area (Å²) in [5.41, 5.74) is 2.66. The summed E-state index contributed by atoms with van der Waals surface area (Å²) in [7, 11) is 0. The van der Waals surface area contributed by atoms with Gasteiger partial charge in [0.2, 0.25) is 0 Å². The van der Waals surface area contributed by atoms with Crippen molar-refractivity contribution in [1.82, 2.24) is 9.88 Å². The summed E-state index contributed by atoms with van der Waals surface area (Å²) in [5, 5.41) is 0. The highest BCUT2D eigenvalue weighted by atomic mass is 16.5. The molecule has 0 bridgehead atoms. The van der Waals surface area contributed by atoms with E-state index in [4.69, 9.17) is 4.74 Å². The Morgan fingerprint density at radius 2 is 2.12 bits per heavy atom. The molecule has 3 rings (SSSR count). The molecule has 1 aliphatic heterocycles. The zero-order chi connectivity index (χ0) is 16.8. The van der Waals surface area contributed by atoms with E-state index in [1.165, 1.54) is 30.4 Å². The molecule has 128 valence electrons. The van der Waals surface area contributed by atoms with Crippen LogP contribution >= 0.6 is 0 Å². The highest BCUT2D eigenvalue weighted by Crippen LogP contribution is 2.30. The topological polar surface area (TPSA) is 25.4 Å².